The Bertz CT molecular complexity index is 746. The third-order valence-corrected chi connectivity index (χ3v) is 2.60. The molecule has 0 atom stereocenters. The van der Waals surface area contributed by atoms with Gasteiger partial charge in [0, 0.05) is 6.07 Å². The van der Waals surface area contributed by atoms with Crippen molar-refractivity contribution in [2.45, 2.75) is 6.92 Å². The van der Waals surface area contributed by atoms with Gasteiger partial charge in [-0.2, -0.15) is 0 Å². The maximum absolute atomic E-state index is 11.8. The van der Waals surface area contributed by atoms with Gasteiger partial charge in [0.25, 0.3) is 5.65 Å². The van der Waals surface area contributed by atoms with Gasteiger partial charge >= 0.3 is 5.56 Å². The van der Waals surface area contributed by atoms with Gasteiger partial charge in [-0.05, 0) is 30.7 Å². The van der Waals surface area contributed by atoms with Gasteiger partial charge in [-0.3, -0.25) is 4.79 Å². The largest absolute Gasteiger partial charge is 0.318 e. The van der Waals surface area contributed by atoms with E-state index in [1.165, 1.54) is 0 Å². The number of nitrogens with one attached hydrogen (secondary N) is 1. The summed E-state index contributed by atoms with van der Waals surface area (Å²) in [5.74, 6) is 0. The summed E-state index contributed by atoms with van der Waals surface area (Å²) in [7, 11) is 0. The van der Waals surface area contributed by atoms with E-state index in [-0.39, 0.29) is 5.56 Å². The molecule has 4 heteroatoms. The Hall–Kier alpha value is -2.23. The highest BCUT2D eigenvalue weighted by Crippen LogP contribution is 2.02. The summed E-state index contributed by atoms with van der Waals surface area (Å²) in [5, 5.41) is 0.602. The lowest BCUT2D eigenvalue weighted by atomic mass is 10.3. The molecule has 0 spiro atoms. The molecule has 0 saturated heterocycles. The van der Waals surface area contributed by atoms with E-state index in [4.69, 9.17) is 0 Å². The second-order valence-corrected chi connectivity index (χ2v) is 3.79. The van der Waals surface area contributed by atoms with Crippen LogP contribution in [0.1, 0.15) is 5.56 Å². The van der Waals surface area contributed by atoms with Crippen molar-refractivity contribution in [3.63, 3.8) is 0 Å². The second-order valence-electron chi connectivity index (χ2n) is 3.79. The molecule has 16 heavy (non-hydrogen) atoms. The van der Waals surface area contributed by atoms with E-state index in [2.05, 4.69) is 9.97 Å². The zero-order valence-corrected chi connectivity index (χ0v) is 8.77. The van der Waals surface area contributed by atoms with Crippen LogP contribution in [0.4, 0.5) is 0 Å². The fourth-order valence-electron chi connectivity index (χ4n) is 1.83. The Morgan fingerprint density at radius 3 is 3.06 bits per heavy atom. The minimum absolute atomic E-state index is 0.105. The third kappa shape index (κ3) is 1.20. The standard InChI is InChI=1S/C12H9N3O/c1-8-4-5-10-14-12(16)9-3-2-6-13-11(9)15(10)7-8/h2-7H,1H3/p+1. The molecular weight excluding hydrogens is 202 g/mol. The zero-order valence-electron chi connectivity index (χ0n) is 8.77. The average Bonchev–Trinajstić information content (AvgIpc) is 2.31. The molecule has 0 saturated carbocycles. The Morgan fingerprint density at radius 2 is 2.19 bits per heavy atom. The molecule has 0 amide bonds. The Labute approximate surface area is 91.2 Å². The fourth-order valence-corrected chi connectivity index (χ4v) is 1.83. The molecule has 3 aromatic heterocycles. The molecule has 0 fully saturated rings. The molecule has 78 valence electrons. The first-order valence-corrected chi connectivity index (χ1v) is 5.05. The van der Waals surface area contributed by atoms with Crippen LogP contribution in [0.25, 0.3) is 16.7 Å². The summed E-state index contributed by atoms with van der Waals surface area (Å²) in [6, 6.07) is 7.38. The molecule has 3 rings (SSSR count). The van der Waals surface area contributed by atoms with Gasteiger partial charge in [-0.25, -0.2) is 9.38 Å². The first-order valence-electron chi connectivity index (χ1n) is 5.05. The topological polar surface area (TPSA) is 49.9 Å². The van der Waals surface area contributed by atoms with E-state index >= 15 is 0 Å². The van der Waals surface area contributed by atoms with Crippen LogP contribution < -0.4 is 9.96 Å². The lowest BCUT2D eigenvalue weighted by Gasteiger charge is -1.98. The fraction of sp³-hybridized carbons (Fsp3) is 0.0833. The quantitative estimate of drug-likeness (QED) is 0.446. The van der Waals surface area contributed by atoms with Gasteiger partial charge in [0.05, 0.1) is 6.20 Å². The molecule has 0 aliphatic heterocycles. The predicted molar refractivity (Wildman–Crippen MR) is 60.3 cm³/mol. The van der Waals surface area contributed by atoms with Crippen molar-refractivity contribution in [1.29, 1.82) is 0 Å². The highest BCUT2D eigenvalue weighted by molar-refractivity contribution is 5.71. The van der Waals surface area contributed by atoms with Crippen LogP contribution in [0.15, 0.2) is 41.5 Å². The summed E-state index contributed by atoms with van der Waals surface area (Å²) in [4.78, 5) is 18.9. The SMILES string of the molecule is Cc1ccc2[nH]c(=O)c3cccnc3[n+]2c1. The predicted octanol–water partition coefficient (Wildman–Crippen LogP) is 0.970. The lowest BCUT2D eigenvalue weighted by Crippen LogP contribution is -2.29. The van der Waals surface area contributed by atoms with Gasteiger partial charge in [0.2, 0.25) is 5.65 Å². The van der Waals surface area contributed by atoms with Gasteiger partial charge in [0.1, 0.15) is 11.6 Å². The van der Waals surface area contributed by atoms with Crippen LogP contribution in [0.3, 0.4) is 0 Å². The molecule has 0 aliphatic carbocycles. The van der Waals surface area contributed by atoms with Gasteiger partial charge in [0.15, 0.2) is 0 Å². The van der Waals surface area contributed by atoms with Crippen molar-refractivity contribution in [1.82, 2.24) is 9.97 Å². The van der Waals surface area contributed by atoms with Gasteiger partial charge in [-0.1, -0.05) is 0 Å². The number of hydrogen-bond donors (Lipinski definition) is 1. The monoisotopic (exact) mass is 212 g/mol. The van der Waals surface area contributed by atoms with E-state index in [0.717, 1.165) is 11.2 Å². The summed E-state index contributed by atoms with van der Waals surface area (Å²) >= 11 is 0. The third-order valence-electron chi connectivity index (χ3n) is 2.60. The van der Waals surface area contributed by atoms with Crippen LogP contribution in [-0.4, -0.2) is 9.97 Å². The summed E-state index contributed by atoms with van der Waals surface area (Å²) in [6.07, 6.45) is 3.65. The number of nitrogens with zero attached hydrogens (tertiary/aromatic N) is 2. The zero-order chi connectivity index (χ0) is 11.1. The molecule has 3 aromatic rings. The van der Waals surface area contributed by atoms with Crippen LogP contribution in [0, 0.1) is 6.92 Å². The van der Waals surface area contributed by atoms with Crippen molar-refractivity contribution < 1.29 is 4.40 Å². The number of H-pyrrole nitrogens is 1. The first-order chi connectivity index (χ1) is 7.75. The van der Waals surface area contributed by atoms with Crippen molar-refractivity contribution >= 4 is 16.7 Å². The maximum atomic E-state index is 11.8. The Morgan fingerprint density at radius 1 is 1.31 bits per heavy atom. The molecule has 1 N–H and O–H groups in total. The highest BCUT2D eigenvalue weighted by atomic mass is 16.1. The first kappa shape index (κ1) is 9.03. The van der Waals surface area contributed by atoms with Crippen molar-refractivity contribution in [3.05, 3.63) is 52.6 Å². The molecule has 0 aromatic carbocycles. The normalized spacial score (nSPS) is 11.1. The van der Waals surface area contributed by atoms with E-state index in [1.54, 1.807) is 18.3 Å². The number of aromatic nitrogens is 3. The van der Waals surface area contributed by atoms with Gasteiger partial charge < -0.3 is 0 Å². The molecule has 0 aliphatic rings. The average molecular weight is 212 g/mol. The van der Waals surface area contributed by atoms with Crippen LogP contribution in [-0.2, 0) is 0 Å². The van der Waals surface area contributed by atoms with E-state index in [1.807, 2.05) is 29.7 Å². The number of rotatable bonds is 0. The van der Waals surface area contributed by atoms with E-state index in [0.29, 0.717) is 11.0 Å². The smallest absolute Gasteiger partial charge is 0.250 e. The second kappa shape index (κ2) is 3.13. The van der Waals surface area contributed by atoms with Crippen LogP contribution in [0.2, 0.25) is 0 Å². The van der Waals surface area contributed by atoms with Crippen molar-refractivity contribution in [2.24, 2.45) is 0 Å². The van der Waals surface area contributed by atoms with E-state index < -0.39 is 0 Å². The molecule has 4 nitrogen and oxygen atoms in total. The van der Waals surface area contributed by atoms with E-state index in [9.17, 15) is 4.79 Å². The Kier molecular flexibility index (Phi) is 1.77. The van der Waals surface area contributed by atoms with Gasteiger partial charge in [-0.15, -0.1) is 4.98 Å². The number of fused-ring (bicyclic) bond motifs is 3. The molecule has 0 bridgehead atoms. The summed E-state index contributed by atoms with van der Waals surface area (Å²) < 4.78 is 1.89. The molecular formula is C12H10N3O+. The van der Waals surface area contributed by atoms with Crippen molar-refractivity contribution in [3.8, 4) is 0 Å². The number of aromatic amines is 1. The maximum Gasteiger partial charge on any atom is 0.318 e. The number of hydrogen-bond acceptors (Lipinski definition) is 2. The van der Waals surface area contributed by atoms with Crippen molar-refractivity contribution in [2.75, 3.05) is 0 Å². The molecule has 0 radical (unpaired) electrons. The summed E-state index contributed by atoms with van der Waals surface area (Å²) in [6.45, 7) is 2.01. The Balaban J connectivity index is 2.66. The number of aryl methyl sites for hydroxylation is 1. The molecule has 3 heterocycles. The minimum atomic E-state index is -0.105. The van der Waals surface area contributed by atoms with Crippen LogP contribution >= 0.6 is 0 Å². The minimum Gasteiger partial charge on any atom is -0.250 e. The lowest BCUT2D eigenvalue weighted by molar-refractivity contribution is -0.487. The van der Waals surface area contributed by atoms with Crippen LogP contribution in [0.5, 0.6) is 0 Å². The molecule has 0 unspecified atom stereocenters. The summed E-state index contributed by atoms with van der Waals surface area (Å²) in [5.41, 5.74) is 2.45. The number of pyridine rings is 2. The highest BCUT2D eigenvalue weighted by Gasteiger charge is 2.11.